The number of rotatable bonds is 8. The van der Waals surface area contributed by atoms with Crippen molar-refractivity contribution in [2.24, 2.45) is 28.8 Å². The molecule has 0 radical (unpaired) electrons. The average molecular weight is 1080 g/mol. The maximum Gasteiger partial charge on any atom is 0.341 e. The second-order valence-electron chi connectivity index (χ2n) is 20.8. The molecule has 4 aliphatic heterocycles. The van der Waals surface area contributed by atoms with E-state index >= 15 is 4.39 Å². The number of hydrogen-bond donors (Lipinski definition) is 5. The molecular weight excluding hydrogens is 1020 g/mol. The van der Waals surface area contributed by atoms with Crippen molar-refractivity contribution in [3.8, 4) is 11.5 Å². The zero-order valence-corrected chi connectivity index (χ0v) is 44.7. The molecule has 21 nitrogen and oxygen atoms in total. The normalized spacial score (nSPS) is 29.0. The number of carboxylic acids is 1. The molecule has 1 aromatic heterocycles. The fourth-order valence-electron chi connectivity index (χ4n) is 10.6. The first-order valence-corrected chi connectivity index (χ1v) is 25.7. The third-order valence-electron chi connectivity index (χ3n) is 15.4. The Bertz CT molecular complexity index is 3200. The minimum atomic E-state index is -2.03. The van der Waals surface area contributed by atoms with Crippen molar-refractivity contribution in [1.29, 1.82) is 0 Å². The van der Waals surface area contributed by atoms with E-state index in [9.17, 15) is 54.0 Å². The number of ether oxygens (including phenoxy) is 4. The van der Waals surface area contributed by atoms with Crippen LogP contribution in [0.25, 0.3) is 10.9 Å². The van der Waals surface area contributed by atoms with Gasteiger partial charge in [-0.1, -0.05) is 51.1 Å². The van der Waals surface area contributed by atoms with Crippen molar-refractivity contribution >= 4 is 57.6 Å². The number of carbonyl (C=O) groups is 6. The molecule has 416 valence electrons. The fraction of sp³-hybridized carbons (Fsp3) is 0.464. The second-order valence-corrected chi connectivity index (χ2v) is 20.8. The van der Waals surface area contributed by atoms with E-state index in [1.54, 1.807) is 43.2 Å². The minimum absolute atomic E-state index is 0.0171. The van der Waals surface area contributed by atoms with E-state index in [-0.39, 0.29) is 77.0 Å². The van der Waals surface area contributed by atoms with Crippen molar-refractivity contribution in [1.82, 2.24) is 14.8 Å². The largest absolute Gasteiger partial charge is 0.507 e. The van der Waals surface area contributed by atoms with Crippen LogP contribution in [0, 0.1) is 36.4 Å². The molecule has 5 heterocycles. The Morgan fingerprint density at radius 1 is 0.936 bits per heavy atom. The molecule has 78 heavy (non-hydrogen) atoms. The van der Waals surface area contributed by atoms with E-state index in [0.717, 1.165) is 25.0 Å². The summed E-state index contributed by atoms with van der Waals surface area (Å²) in [6.07, 6.45) is 6.88. The van der Waals surface area contributed by atoms with Crippen molar-refractivity contribution in [2.45, 2.75) is 104 Å². The number of benzene rings is 2. The van der Waals surface area contributed by atoms with Gasteiger partial charge in [0.15, 0.2) is 18.1 Å². The number of carbonyl (C=O) groups excluding carboxylic acids is 5. The molecule has 3 aromatic rings. The Balaban J connectivity index is 1.11. The van der Waals surface area contributed by atoms with Crippen molar-refractivity contribution < 1.29 is 77.4 Å². The maximum atomic E-state index is 15.8. The molecule has 1 saturated carbocycles. The van der Waals surface area contributed by atoms with Crippen LogP contribution >= 0.6 is 0 Å². The number of pyridine rings is 1. The third-order valence-corrected chi connectivity index (χ3v) is 15.4. The van der Waals surface area contributed by atoms with Crippen LogP contribution in [-0.4, -0.2) is 141 Å². The molecule has 0 unspecified atom stereocenters. The number of Topliss-reactive ketones (excluding diaryl/α,β-unsaturated/α-hetero) is 1. The van der Waals surface area contributed by atoms with Gasteiger partial charge in [-0.3, -0.25) is 28.8 Å². The predicted octanol–water partition coefficient (Wildman–Crippen LogP) is 5.00. The number of hydrogen-bond acceptors (Lipinski definition) is 17. The van der Waals surface area contributed by atoms with Gasteiger partial charge in [-0.2, -0.15) is 0 Å². The van der Waals surface area contributed by atoms with Gasteiger partial charge >= 0.3 is 11.9 Å². The Labute approximate surface area is 448 Å². The Hall–Kier alpha value is -7.69. The Morgan fingerprint density at radius 3 is 2.27 bits per heavy atom. The number of aliphatic hydroxyl groups excluding tert-OH is 2. The molecule has 5 N–H and O–H groups in total. The number of phenolic OH excluding ortho intramolecular Hbond substituents is 1. The molecular formula is C56H64FN5O16. The lowest BCUT2D eigenvalue weighted by molar-refractivity contribution is -0.160. The summed E-state index contributed by atoms with van der Waals surface area (Å²) in [7, 11) is 1.41. The third kappa shape index (κ3) is 10.8. The molecule has 2 aromatic carbocycles. The van der Waals surface area contributed by atoms with Gasteiger partial charge in [0, 0.05) is 106 Å². The summed E-state index contributed by atoms with van der Waals surface area (Å²) in [5.74, 6) is -11.3. The number of ketones is 2. The molecule has 2 aliphatic carbocycles. The average Bonchev–Trinajstić information content (AvgIpc) is 4.28. The molecule has 9 atom stereocenters. The van der Waals surface area contributed by atoms with Crippen molar-refractivity contribution in [2.75, 3.05) is 44.8 Å². The monoisotopic (exact) mass is 1080 g/mol. The van der Waals surface area contributed by atoms with Crippen LogP contribution in [0.1, 0.15) is 110 Å². The SMILES string of the molecule is CO[C@H]1/C=C/O[C@@]2(C)Oc3c(C)c(O)c4c(c3/C2=N/OCC(=O)N2CCN(c3cc5c(cc3F)c(=O)c(C(=O)O)cn5C3CC3)CC2)C(=O)C=C(NC(=O)/C(C)=C\C=C\[C@H](C)[C@H](O)[C@@H](C)[C@@H](O)[C@@H](C)[C@H](OC(C)=O)[C@@H]1C)C4=O. The molecule has 22 heteroatoms. The molecule has 2 fully saturated rings. The Kier molecular flexibility index (Phi) is 16.2. The summed E-state index contributed by atoms with van der Waals surface area (Å²) in [6.45, 7) is 12.2. The van der Waals surface area contributed by atoms with E-state index in [1.165, 1.54) is 76.5 Å². The highest BCUT2D eigenvalue weighted by Crippen LogP contribution is 2.48. The van der Waals surface area contributed by atoms with Crippen LogP contribution in [0.3, 0.4) is 0 Å². The van der Waals surface area contributed by atoms with Crippen LogP contribution in [0.4, 0.5) is 10.1 Å². The number of allylic oxidation sites excluding steroid dienone is 4. The fourth-order valence-corrected chi connectivity index (χ4v) is 10.6. The van der Waals surface area contributed by atoms with Gasteiger partial charge in [0.05, 0.1) is 58.2 Å². The molecule has 6 aliphatic rings. The number of oxime groups is 1. The lowest BCUT2D eigenvalue weighted by atomic mass is 9.78. The first-order valence-electron chi connectivity index (χ1n) is 25.7. The molecule has 9 rings (SSSR count). The van der Waals surface area contributed by atoms with Crippen LogP contribution in [0.2, 0.25) is 0 Å². The topological polar surface area (TPSA) is 282 Å². The van der Waals surface area contributed by atoms with Crippen LogP contribution in [0.5, 0.6) is 11.5 Å². The van der Waals surface area contributed by atoms with Gasteiger partial charge in [-0.25, -0.2) is 9.18 Å². The summed E-state index contributed by atoms with van der Waals surface area (Å²) in [6, 6.07) is 2.55. The first kappa shape index (κ1) is 56.5. The van der Waals surface area contributed by atoms with Crippen LogP contribution in [-0.2, 0) is 33.4 Å². The van der Waals surface area contributed by atoms with E-state index < -0.39 is 130 Å². The highest BCUT2D eigenvalue weighted by molar-refractivity contribution is 6.31. The number of nitrogens with one attached hydrogen (secondary N) is 1. The number of methoxy groups -OCH3 is 1. The quantitative estimate of drug-likeness (QED) is 0.146. The summed E-state index contributed by atoms with van der Waals surface area (Å²) in [5.41, 5.74) is -2.21. The molecule has 2 amide bonds. The zero-order chi connectivity index (χ0) is 56.8. The van der Waals surface area contributed by atoms with Gasteiger partial charge < -0.3 is 63.9 Å². The lowest BCUT2D eigenvalue weighted by Gasteiger charge is -2.38. The van der Waals surface area contributed by atoms with Gasteiger partial charge in [-0.05, 0) is 44.9 Å². The predicted molar refractivity (Wildman–Crippen MR) is 280 cm³/mol. The number of nitrogens with zero attached hydrogens (tertiary/aromatic N) is 4. The van der Waals surface area contributed by atoms with Crippen molar-refractivity contribution in [3.05, 3.63) is 110 Å². The summed E-state index contributed by atoms with van der Waals surface area (Å²) >= 11 is 0. The molecule has 0 spiro atoms. The highest BCUT2D eigenvalue weighted by Gasteiger charge is 2.51. The summed E-state index contributed by atoms with van der Waals surface area (Å²) < 4.78 is 41.8. The number of phenols is 1. The number of halogens is 1. The number of carboxylic acid groups (broad SMARTS) is 1. The zero-order valence-electron chi connectivity index (χ0n) is 44.7. The summed E-state index contributed by atoms with van der Waals surface area (Å²) in [4.78, 5) is 102. The first-order chi connectivity index (χ1) is 36.9. The maximum absolute atomic E-state index is 15.8. The number of fused-ring (bicyclic) bond motifs is 15. The number of anilines is 1. The van der Waals surface area contributed by atoms with Gasteiger partial charge in [-0.15, -0.1) is 0 Å². The molecule has 1 saturated heterocycles. The standard InChI is InChI=1S/C56H64FN5O16/c1-26-11-10-12-27(2)54(71)58-37-22-40(64)43-44(50(37)70)48(68)31(6)52-45(43)53(56(8,78-52)75-20-15-41(74-9)28(3)51(77-32(7)63)30(5)47(67)29(4)46(26)66)59-76-25-42(65)61-18-16-60(17-19-61)39-23-38-34(21-36(39)57)49(69)35(55(72)73)24-62(38)33-13-14-33/h10-12,15,20-24,26,28-30,33,41,46-47,51,66-68H,13-14,16-19,25H2,1-9H3,(H,58,71)(H,72,73)/b11-10+,20-15+,27-12-,59-53-/t26-,28+,29+,30+,41-,46-,47+,51+,56-/m0/s1. The van der Waals surface area contributed by atoms with E-state index in [2.05, 4.69) is 10.5 Å². The number of aromatic carboxylic acids is 1. The highest BCUT2D eigenvalue weighted by atomic mass is 19.1. The number of aromatic hydroxyl groups is 1. The minimum Gasteiger partial charge on any atom is -0.507 e. The molecule has 5 bridgehead atoms. The smallest absolute Gasteiger partial charge is 0.341 e. The van der Waals surface area contributed by atoms with E-state index in [1.807, 2.05) is 0 Å². The second kappa shape index (κ2) is 22.3. The van der Waals surface area contributed by atoms with Crippen LogP contribution in [0.15, 0.2) is 76.2 Å². The van der Waals surface area contributed by atoms with Gasteiger partial charge in [0.1, 0.15) is 29.0 Å². The van der Waals surface area contributed by atoms with Gasteiger partial charge in [0.2, 0.25) is 11.2 Å². The number of aromatic nitrogens is 1. The number of piperazine rings is 1. The Morgan fingerprint density at radius 2 is 1.63 bits per heavy atom. The number of aliphatic hydroxyl groups is 2. The lowest BCUT2D eigenvalue weighted by Crippen LogP contribution is -2.50. The number of amides is 2. The van der Waals surface area contributed by atoms with Gasteiger partial charge in [0.25, 0.3) is 17.6 Å². The van der Waals surface area contributed by atoms with Crippen molar-refractivity contribution in [3.63, 3.8) is 0 Å². The summed E-state index contributed by atoms with van der Waals surface area (Å²) in [5, 5.41) is 51.1. The van der Waals surface area contributed by atoms with E-state index in [0.29, 0.717) is 5.52 Å². The number of esters is 1. The van der Waals surface area contributed by atoms with Crippen LogP contribution < -0.4 is 20.4 Å². The van der Waals surface area contributed by atoms with E-state index in [4.69, 9.17) is 23.8 Å².